The Bertz CT molecular complexity index is 441. The molecule has 0 aromatic heterocycles. The molecule has 1 aromatic rings. The lowest BCUT2D eigenvalue weighted by Crippen LogP contribution is -2.51. The second kappa shape index (κ2) is 9.08. The van der Waals surface area contributed by atoms with E-state index in [-0.39, 0.29) is 0 Å². The van der Waals surface area contributed by atoms with Gasteiger partial charge in [0.15, 0.2) is 5.11 Å². The van der Waals surface area contributed by atoms with E-state index in [1.807, 2.05) is 0 Å². The van der Waals surface area contributed by atoms with E-state index in [9.17, 15) is 0 Å². The van der Waals surface area contributed by atoms with Crippen LogP contribution in [0.25, 0.3) is 0 Å². The average Bonchev–Trinajstić information content (AvgIpc) is 2.53. The number of nitrogens with one attached hydrogen (secondary N) is 1. The first kappa shape index (κ1) is 17.2. The van der Waals surface area contributed by atoms with Gasteiger partial charge < -0.3 is 15.1 Å². The fourth-order valence-electron chi connectivity index (χ4n) is 2.65. The van der Waals surface area contributed by atoms with Gasteiger partial charge in [-0.25, -0.2) is 0 Å². The largest absolute Gasteiger partial charge is 0.363 e. The van der Waals surface area contributed by atoms with Gasteiger partial charge in [-0.15, -0.1) is 0 Å². The summed E-state index contributed by atoms with van der Waals surface area (Å²) in [6, 6.07) is 10.7. The van der Waals surface area contributed by atoms with Gasteiger partial charge in [0.05, 0.1) is 0 Å². The van der Waals surface area contributed by atoms with E-state index in [2.05, 4.69) is 64.4 Å². The molecule has 1 saturated heterocycles. The molecule has 1 N–H and O–H groups in total. The molecule has 0 atom stereocenters. The van der Waals surface area contributed by atoms with Crippen LogP contribution in [0.3, 0.4) is 0 Å². The molecule has 2 rings (SSSR count). The average molecular weight is 321 g/mol. The summed E-state index contributed by atoms with van der Waals surface area (Å²) in [6.45, 7) is 7.29. The number of rotatable bonds is 6. The van der Waals surface area contributed by atoms with Crippen molar-refractivity contribution in [2.24, 2.45) is 0 Å². The SMILES string of the molecule is CN(C)CCCNC(=S)N1CCN(Cc2ccccc2)CC1. The maximum Gasteiger partial charge on any atom is 0.169 e. The van der Waals surface area contributed by atoms with Crippen molar-refractivity contribution in [3.63, 3.8) is 0 Å². The van der Waals surface area contributed by atoms with Crippen LogP contribution < -0.4 is 5.32 Å². The minimum Gasteiger partial charge on any atom is -0.363 e. The highest BCUT2D eigenvalue weighted by Crippen LogP contribution is 2.08. The summed E-state index contributed by atoms with van der Waals surface area (Å²) in [5, 5.41) is 4.30. The Balaban J connectivity index is 1.65. The minimum absolute atomic E-state index is 0.915. The second-order valence-corrected chi connectivity index (χ2v) is 6.52. The molecule has 0 spiro atoms. The Morgan fingerprint density at radius 3 is 2.45 bits per heavy atom. The van der Waals surface area contributed by atoms with Gasteiger partial charge in [0.1, 0.15) is 0 Å². The number of benzene rings is 1. The van der Waals surface area contributed by atoms with Gasteiger partial charge in [0.2, 0.25) is 0 Å². The van der Waals surface area contributed by atoms with E-state index in [0.717, 1.165) is 57.3 Å². The van der Waals surface area contributed by atoms with Crippen molar-refractivity contribution in [2.45, 2.75) is 13.0 Å². The first-order chi connectivity index (χ1) is 10.6. The molecule has 0 aliphatic carbocycles. The molecule has 5 heteroatoms. The Kier molecular flexibility index (Phi) is 7.09. The number of nitrogens with zero attached hydrogens (tertiary/aromatic N) is 3. The van der Waals surface area contributed by atoms with Crippen molar-refractivity contribution in [1.29, 1.82) is 0 Å². The molecule has 1 heterocycles. The molecule has 0 unspecified atom stereocenters. The predicted octanol–water partition coefficient (Wildman–Crippen LogP) is 1.63. The summed E-state index contributed by atoms with van der Waals surface area (Å²) >= 11 is 5.50. The predicted molar refractivity (Wildman–Crippen MR) is 97.1 cm³/mol. The summed E-state index contributed by atoms with van der Waals surface area (Å²) < 4.78 is 0. The summed E-state index contributed by atoms with van der Waals surface area (Å²) in [4.78, 5) is 7.00. The third-order valence-corrected chi connectivity index (χ3v) is 4.37. The third-order valence-electron chi connectivity index (χ3n) is 3.97. The van der Waals surface area contributed by atoms with E-state index >= 15 is 0 Å². The molecule has 1 aromatic carbocycles. The minimum atomic E-state index is 0.915. The van der Waals surface area contributed by atoms with E-state index < -0.39 is 0 Å². The first-order valence-electron chi connectivity index (χ1n) is 8.09. The van der Waals surface area contributed by atoms with Gasteiger partial charge >= 0.3 is 0 Å². The van der Waals surface area contributed by atoms with Gasteiger partial charge in [-0.1, -0.05) is 30.3 Å². The van der Waals surface area contributed by atoms with Crippen LogP contribution in [0.2, 0.25) is 0 Å². The number of thiocarbonyl (C=S) groups is 1. The van der Waals surface area contributed by atoms with Crippen LogP contribution in [0.1, 0.15) is 12.0 Å². The highest BCUT2D eigenvalue weighted by atomic mass is 32.1. The normalized spacial score (nSPS) is 16.0. The van der Waals surface area contributed by atoms with Crippen LogP contribution in [0.5, 0.6) is 0 Å². The summed E-state index contributed by atoms with van der Waals surface area (Å²) in [5.74, 6) is 0. The highest BCUT2D eigenvalue weighted by Gasteiger charge is 2.18. The van der Waals surface area contributed by atoms with Gasteiger partial charge in [0.25, 0.3) is 0 Å². The standard InChI is InChI=1S/C17H28N4S/c1-19(2)10-6-9-18-17(22)21-13-11-20(12-14-21)15-16-7-4-3-5-8-16/h3-5,7-8H,6,9-15H2,1-2H3,(H,18,22). The Morgan fingerprint density at radius 1 is 1.14 bits per heavy atom. The van der Waals surface area contributed by atoms with Crippen molar-refractivity contribution < 1.29 is 0 Å². The zero-order valence-electron chi connectivity index (χ0n) is 13.8. The summed E-state index contributed by atoms with van der Waals surface area (Å²) in [6.07, 6.45) is 1.13. The Labute approximate surface area is 140 Å². The molecule has 1 aliphatic heterocycles. The van der Waals surface area contributed by atoms with Gasteiger partial charge in [-0.2, -0.15) is 0 Å². The fourth-order valence-corrected chi connectivity index (χ4v) is 2.94. The molecule has 0 radical (unpaired) electrons. The molecule has 22 heavy (non-hydrogen) atoms. The van der Waals surface area contributed by atoms with E-state index in [1.54, 1.807) is 0 Å². The highest BCUT2D eigenvalue weighted by molar-refractivity contribution is 7.80. The molecule has 1 aliphatic rings. The molecule has 0 amide bonds. The van der Waals surface area contributed by atoms with Crippen LogP contribution in [0.15, 0.2) is 30.3 Å². The first-order valence-corrected chi connectivity index (χ1v) is 8.50. The van der Waals surface area contributed by atoms with Crippen molar-refractivity contribution >= 4 is 17.3 Å². The molecular formula is C17H28N4S. The third kappa shape index (κ3) is 5.91. The van der Waals surface area contributed by atoms with Crippen molar-refractivity contribution in [3.8, 4) is 0 Å². The van der Waals surface area contributed by atoms with Crippen LogP contribution in [0.4, 0.5) is 0 Å². The maximum atomic E-state index is 5.50. The molecule has 0 saturated carbocycles. The number of hydrogen-bond donors (Lipinski definition) is 1. The van der Waals surface area contributed by atoms with Crippen LogP contribution in [-0.4, -0.2) is 73.2 Å². The van der Waals surface area contributed by atoms with Crippen LogP contribution >= 0.6 is 12.2 Å². The second-order valence-electron chi connectivity index (χ2n) is 6.14. The molecule has 1 fully saturated rings. The topological polar surface area (TPSA) is 21.8 Å². The van der Waals surface area contributed by atoms with E-state index in [0.29, 0.717) is 0 Å². The lowest BCUT2D eigenvalue weighted by atomic mass is 10.2. The van der Waals surface area contributed by atoms with Gasteiger partial charge in [-0.05, 0) is 44.8 Å². The zero-order chi connectivity index (χ0) is 15.8. The summed E-state index contributed by atoms with van der Waals surface area (Å²) in [7, 11) is 4.20. The van der Waals surface area contributed by atoms with Crippen molar-refractivity contribution in [1.82, 2.24) is 20.0 Å². The lowest BCUT2D eigenvalue weighted by Gasteiger charge is -2.36. The Hall–Kier alpha value is -1.17. The molecular weight excluding hydrogens is 292 g/mol. The fraction of sp³-hybridized carbons (Fsp3) is 0.588. The van der Waals surface area contributed by atoms with Crippen LogP contribution in [-0.2, 0) is 6.54 Å². The zero-order valence-corrected chi connectivity index (χ0v) is 14.6. The number of piperazine rings is 1. The molecule has 0 bridgehead atoms. The van der Waals surface area contributed by atoms with Gasteiger partial charge in [-0.3, -0.25) is 4.90 Å². The molecule has 4 nitrogen and oxygen atoms in total. The maximum absolute atomic E-state index is 5.50. The summed E-state index contributed by atoms with van der Waals surface area (Å²) in [5.41, 5.74) is 1.39. The van der Waals surface area contributed by atoms with Gasteiger partial charge in [0, 0.05) is 39.3 Å². The molecule has 122 valence electrons. The van der Waals surface area contributed by atoms with Crippen molar-refractivity contribution in [3.05, 3.63) is 35.9 Å². The monoisotopic (exact) mass is 320 g/mol. The van der Waals surface area contributed by atoms with Crippen LogP contribution in [0, 0.1) is 0 Å². The smallest absolute Gasteiger partial charge is 0.169 e. The van der Waals surface area contributed by atoms with Crippen molar-refractivity contribution in [2.75, 3.05) is 53.4 Å². The quantitative estimate of drug-likeness (QED) is 0.634. The van der Waals surface area contributed by atoms with E-state index in [1.165, 1.54) is 5.56 Å². The lowest BCUT2D eigenvalue weighted by molar-refractivity contribution is 0.174. The Morgan fingerprint density at radius 2 is 1.82 bits per heavy atom. The number of hydrogen-bond acceptors (Lipinski definition) is 3. The van der Waals surface area contributed by atoms with E-state index in [4.69, 9.17) is 12.2 Å².